The van der Waals surface area contributed by atoms with Crippen molar-refractivity contribution in [1.29, 1.82) is 0 Å². The fourth-order valence-corrected chi connectivity index (χ4v) is 3.68. The molecule has 7 heteroatoms. The molecule has 0 aliphatic heterocycles. The maximum Gasteiger partial charge on any atom is 0.248 e. The van der Waals surface area contributed by atoms with E-state index in [4.69, 9.17) is 0 Å². The second kappa shape index (κ2) is 7.69. The van der Waals surface area contributed by atoms with E-state index in [0.717, 1.165) is 16.5 Å². The highest BCUT2D eigenvalue weighted by molar-refractivity contribution is 7.89. The van der Waals surface area contributed by atoms with Crippen molar-refractivity contribution in [3.8, 4) is 0 Å². The lowest BCUT2D eigenvalue weighted by atomic mass is 10.1. The normalized spacial score (nSPS) is 11.8. The first kappa shape index (κ1) is 18.8. The van der Waals surface area contributed by atoms with Crippen LogP contribution in [0.4, 0.5) is 5.69 Å². The Morgan fingerprint density at radius 3 is 2.67 bits per heavy atom. The lowest BCUT2D eigenvalue weighted by Crippen LogP contribution is -2.20. The van der Waals surface area contributed by atoms with Crippen LogP contribution in [0.3, 0.4) is 0 Å². The van der Waals surface area contributed by atoms with Crippen LogP contribution in [-0.2, 0) is 14.8 Å². The van der Waals surface area contributed by atoms with Crippen LogP contribution in [0, 0.1) is 6.92 Å². The minimum atomic E-state index is -3.59. The van der Waals surface area contributed by atoms with Gasteiger partial charge in [-0.2, -0.15) is 0 Å². The summed E-state index contributed by atoms with van der Waals surface area (Å²) in [4.78, 5) is 16.7. The molecule has 0 spiro atoms. The van der Waals surface area contributed by atoms with Gasteiger partial charge in [0.25, 0.3) is 0 Å². The molecule has 0 fully saturated rings. The Bertz CT molecular complexity index is 1130. The highest BCUT2D eigenvalue weighted by atomic mass is 32.2. The van der Waals surface area contributed by atoms with Crippen LogP contribution >= 0.6 is 0 Å². The zero-order chi connectivity index (χ0) is 19.4. The Labute approximate surface area is 158 Å². The molecule has 0 aliphatic carbocycles. The maximum absolute atomic E-state index is 12.3. The van der Waals surface area contributed by atoms with Gasteiger partial charge in [-0.1, -0.05) is 30.3 Å². The van der Waals surface area contributed by atoms with Crippen molar-refractivity contribution < 1.29 is 13.2 Å². The summed E-state index contributed by atoms with van der Waals surface area (Å²) in [6, 6.07) is 14.3. The van der Waals surface area contributed by atoms with E-state index >= 15 is 0 Å². The smallest absolute Gasteiger partial charge is 0.248 e. The molecule has 0 atom stereocenters. The van der Waals surface area contributed by atoms with E-state index in [9.17, 15) is 13.2 Å². The molecule has 1 aromatic heterocycles. The summed E-state index contributed by atoms with van der Waals surface area (Å²) in [6.07, 6.45) is 4.79. The molecule has 0 saturated carbocycles. The van der Waals surface area contributed by atoms with Crippen LogP contribution in [0.15, 0.2) is 65.7 Å². The first-order chi connectivity index (χ1) is 12.9. The Morgan fingerprint density at radius 1 is 1.11 bits per heavy atom. The summed E-state index contributed by atoms with van der Waals surface area (Å²) in [5, 5.41) is 3.67. The van der Waals surface area contributed by atoms with E-state index in [1.807, 2.05) is 30.3 Å². The van der Waals surface area contributed by atoms with Crippen molar-refractivity contribution >= 4 is 38.6 Å². The molecule has 0 unspecified atom stereocenters. The van der Waals surface area contributed by atoms with E-state index in [2.05, 4.69) is 15.0 Å². The van der Waals surface area contributed by atoms with E-state index in [-0.39, 0.29) is 10.8 Å². The van der Waals surface area contributed by atoms with Crippen molar-refractivity contribution in [2.75, 3.05) is 12.4 Å². The number of carbonyl (C=O) groups is 1. The van der Waals surface area contributed by atoms with Gasteiger partial charge in [0.15, 0.2) is 0 Å². The number of hydrogen-bond acceptors (Lipinski definition) is 4. The zero-order valence-electron chi connectivity index (χ0n) is 14.9. The number of benzene rings is 2. The number of aryl methyl sites for hydroxylation is 1. The third-order valence-corrected chi connectivity index (χ3v) is 5.65. The van der Waals surface area contributed by atoms with Crippen LogP contribution in [0.1, 0.15) is 11.1 Å². The van der Waals surface area contributed by atoms with Crippen LogP contribution in [0.25, 0.3) is 17.0 Å². The number of sulfonamides is 1. The van der Waals surface area contributed by atoms with Crippen molar-refractivity contribution in [3.05, 3.63) is 71.9 Å². The fraction of sp³-hybridized carbons (Fsp3) is 0.100. The summed E-state index contributed by atoms with van der Waals surface area (Å²) >= 11 is 0. The van der Waals surface area contributed by atoms with Gasteiger partial charge in [0, 0.05) is 28.9 Å². The highest BCUT2D eigenvalue weighted by Gasteiger charge is 2.15. The molecule has 0 radical (unpaired) electrons. The number of rotatable bonds is 5. The summed E-state index contributed by atoms with van der Waals surface area (Å²) in [7, 11) is -2.25. The van der Waals surface area contributed by atoms with Gasteiger partial charge in [-0.25, -0.2) is 13.1 Å². The van der Waals surface area contributed by atoms with Crippen LogP contribution in [-0.4, -0.2) is 26.4 Å². The largest absolute Gasteiger partial charge is 0.322 e. The molecule has 1 heterocycles. The predicted octanol–water partition coefficient (Wildman–Crippen LogP) is 3.10. The number of carbonyl (C=O) groups excluding carboxylic acids is 1. The van der Waals surface area contributed by atoms with Gasteiger partial charge in [0.1, 0.15) is 0 Å². The number of fused-ring (bicyclic) bond motifs is 1. The van der Waals surface area contributed by atoms with Gasteiger partial charge < -0.3 is 5.32 Å². The molecule has 3 aromatic rings. The number of amides is 1. The van der Waals surface area contributed by atoms with Crippen LogP contribution < -0.4 is 10.0 Å². The standard InChI is InChI=1S/C20H19N3O3S/c1-14-8-10-17(13-18(14)27(25,26)21-2)23-19(24)11-9-16-6-3-5-15-7-4-12-22-20(15)16/h3-13,21H,1-2H3,(H,23,24)/b11-9+. The molecule has 27 heavy (non-hydrogen) atoms. The number of nitrogens with one attached hydrogen (secondary N) is 2. The van der Waals surface area contributed by atoms with Crippen LogP contribution in [0.2, 0.25) is 0 Å². The SMILES string of the molecule is CNS(=O)(=O)c1cc(NC(=O)/C=C/c2cccc3cccnc23)ccc1C. The molecule has 0 bridgehead atoms. The minimum Gasteiger partial charge on any atom is -0.322 e. The molecule has 0 saturated heterocycles. The molecular weight excluding hydrogens is 362 g/mol. The predicted molar refractivity (Wildman–Crippen MR) is 107 cm³/mol. The first-order valence-electron chi connectivity index (χ1n) is 8.28. The maximum atomic E-state index is 12.3. The summed E-state index contributed by atoms with van der Waals surface area (Å²) < 4.78 is 26.4. The first-order valence-corrected chi connectivity index (χ1v) is 9.76. The van der Waals surface area contributed by atoms with Gasteiger partial charge in [-0.3, -0.25) is 9.78 Å². The molecule has 1 amide bonds. The summed E-state index contributed by atoms with van der Waals surface area (Å²) in [5.74, 6) is -0.361. The number of pyridine rings is 1. The summed E-state index contributed by atoms with van der Waals surface area (Å²) in [5.41, 5.74) is 2.63. The van der Waals surface area contributed by atoms with Crippen molar-refractivity contribution in [2.24, 2.45) is 0 Å². The molecular formula is C20H19N3O3S. The average molecular weight is 381 g/mol. The fourth-order valence-electron chi connectivity index (χ4n) is 2.69. The average Bonchev–Trinajstić information content (AvgIpc) is 2.67. The van der Waals surface area contributed by atoms with Crippen molar-refractivity contribution in [1.82, 2.24) is 9.71 Å². The number of para-hydroxylation sites is 1. The van der Waals surface area contributed by atoms with Crippen molar-refractivity contribution in [3.63, 3.8) is 0 Å². The van der Waals surface area contributed by atoms with E-state index in [0.29, 0.717) is 11.3 Å². The van der Waals surface area contributed by atoms with Gasteiger partial charge in [0.05, 0.1) is 10.4 Å². The van der Waals surface area contributed by atoms with Crippen molar-refractivity contribution in [2.45, 2.75) is 11.8 Å². The monoisotopic (exact) mass is 381 g/mol. The Kier molecular flexibility index (Phi) is 5.34. The van der Waals surface area contributed by atoms with Gasteiger partial charge in [-0.15, -0.1) is 0 Å². The van der Waals surface area contributed by atoms with E-state index in [1.165, 1.54) is 19.2 Å². The Hall–Kier alpha value is -3.03. The molecule has 3 rings (SSSR count). The topological polar surface area (TPSA) is 88.2 Å². The number of anilines is 1. The number of hydrogen-bond donors (Lipinski definition) is 2. The molecule has 6 nitrogen and oxygen atoms in total. The minimum absolute atomic E-state index is 0.130. The highest BCUT2D eigenvalue weighted by Crippen LogP contribution is 2.20. The van der Waals surface area contributed by atoms with Gasteiger partial charge >= 0.3 is 0 Å². The summed E-state index contributed by atoms with van der Waals surface area (Å²) in [6.45, 7) is 1.70. The molecule has 2 aromatic carbocycles. The molecule has 138 valence electrons. The van der Waals surface area contributed by atoms with Gasteiger partial charge in [-0.05, 0) is 43.8 Å². The molecule has 2 N–H and O–H groups in total. The lowest BCUT2D eigenvalue weighted by molar-refractivity contribution is -0.111. The third kappa shape index (κ3) is 4.21. The molecule has 0 aliphatic rings. The second-order valence-electron chi connectivity index (χ2n) is 5.93. The van der Waals surface area contributed by atoms with Crippen LogP contribution in [0.5, 0.6) is 0 Å². The zero-order valence-corrected chi connectivity index (χ0v) is 15.7. The number of aromatic nitrogens is 1. The lowest BCUT2D eigenvalue weighted by Gasteiger charge is -2.09. The second-order valence-corrected chi connectivity index (χ2v) is 7.79. The Balaban J connectivity index is 1.82. The number of nitrogens with zero attached hydrogens (tertiary/aromatic N) is 1. The van der Waals surface area contributed by atoms with Gasteiger partial charge in [0.2, 0.25) is 15.9 Å². The quantitative estimate of drug-likeness (QED) is 0.665. The van der Waals surface area contributed by atoms with E-state index < -0.39 is 10.0 Å². The van der Waals surface area contributed by atoms with E-state index in [1.54, 1.807) is 31.3 Å². The Morgan fingerprint density at radius 2 is 1.89 bits per heavy atom. The third-order valence-electron chi connectivity index (χ3n) is 4.09.